The molecule has 0 unspecified atom stereocenters. The zero-order chi connectivity index (χ0) is 20.9. The van der Waals surface area contributed by atoms with Crippen molar-refractivity contribution in [3.05, 3.63) is 107 Å². The monoisotopic (exact) mass is 411 g/mol. The lowest BCUT2D eigenvalue weighted by Gasteiger charge is -2.39. The lowest BCUT2D eigenvalue weighted by molar-refractivity contribution is 0.222. The van der Waals surface area contributed by atoms with Crippen molar-refractivity contribution in [2.75, 3.05) is 5.32 Å². The number of benzene rings is 2. The Balaban J connectivity index is 1.65. The smallest absolute Gasteiger partial charge is 0.226 e. The quantitative estimate of drug-likeness (QED) is 0.519. The SMILES string of the molecule is Cc1ccc2c(c1)C1=C([C@H](c3cccc(F)c3)O2)[C@@H](c2cccnc2)n2ncnc2N1. The highest BCUT2D eigenvalue weighted by atomic mass is 19.1. The largest absolute Gasteiger partial charge is 0.480 e. The molecule has 0 amide bonds. The molecule has 7 heteroatoms. The molecule has 0 spiro atoms. The van der Waals surface area contributed by atoms with Crippen LogP contribution in [0, 0.1) is 12.7 Å². The summed E-state index contributed by atoms with van der Waals surface area (Å²) in [5.74, 6) is 1.07. The first-order valence-electron chi connectivity index (χ1n) is 10.0. The first-order valence-corrected chi connectivity index (χ1v) is 10.0. The van der Waals surface area contributed by atoms with E-state index in [0.29, 0.717) is 5.95 Å². The van der Waals surface area contributed by atoms with Crippen LogP contribution in [0.25, 0.3) is 5.70 Å². The normalized spacial score (nSPS) is 19.0. The van der Waals surface area contributed by atoms with Crippen molar-refractivity contribution < 1.29 is 9.13 Å². The summed E-state index contributed by atoms with van der Waals surface area (Å²) >= 11 is 0. The first-order chi connectivity index (χ1) is 15.2. The number of anilines is 1. The molecule has 4 heterocycles. The maximum atomic E-state index is 14.2. The summed E-state index contributed by atoms with van der Waals surface area (Å²) in [7, 11) is 0. The van der Waals surface area contributed by atoms with Crippen LogP contribution in [0.3, 0.4) is 0 Å². The molecule has 1 N–H and O–H groups in total. The number of ether oxygens (including phenoxy) is 1. The van der Waals surface area contributed by atoms with Gasteiger partial charge in [0.2, 0.25) is 5.95 Å². The van der Waals surface area contributed by atoms with Crippen LogP contribution in [0.1, 0.15) is 34.4 Å². The fraction of sp³-hybridized carbons (Fsp3) is 0.125. The van der Waals surface area contributed by atoms with Crippen molar-refractivity contribution in [1.82, 2.24) is 19.7 Å². The Kier molecular flexibility index (Phi) is 3.89. The zero-order valence-corrected chi connectivity index (χ0v) is 16.7. The molecule has 2 aliphatic heterocycles. The minimum absolute atomic E-state index is 0.302. The van der Waals surface area contributed by atoms with Crippen LogP contribution in [-0.2, 0) is 0 Å². The van der Waals surface area contributed by atoms with E-state index in [1.54, 1.807) is 12.3 Å². The van der Waals surface area contributed by atoms with Gasteiger partial charge in [0.05, 0.1) is 5.70 Å². The molecule has 2 atom stereocenters. The lowest BCUT2D eigenvalue weighted by Crippen LogP contribution is -2.32. The third-order valence-electron chi connectivity index (χ3n) is 5.72. The van der Waals surface area contributed by atoms with Crippen molar-refractivity contribution in [3.8, 4) is 5.75 Å². The molecule has 0 radical (unpaired) electrons. The van der Waals surface area contributed by atoms with E-state index in [4.69, 9.17) is 4.74 Å². The van der Waals surface area contributed by atoms with Gasteiger partial charge in [0, 0.05) is 23.5 Å². The summed E-state index contributed by atoms with van der Waals surface area (Å²) in [6.45, 7) is 2.04. The number of hydrogen-bond donors (Lipinski definition) is 1. The van der Waals surface area contributed by atoms with Gasteiger partial charge in [0.1, 0.15) is 30.0 Å². The molecular formula is C24H18FN5O. The maximum Gasteiger partial charge on any atom is 0.226 e. The molecule has 0 saturated heterocycles. The van der Waals surface area contributed by atoms with Gasteiger partial charge in [-0.15, -0.1) is 0 Å². The highest BCUT2D eigenvalue weighted by Gasteiger charge is 2.41. The van der Waals surface area contributed by atoms with Crippen molar-refractivity contribution in [3.63, 3.8) is 0 Å². The van der Waals surface area contributed by atoms with E-state index in [9.17, 15) is 4.39 Å². The van der Waals surface area contributed by atoms with Crippen LogP contribution in [0.2, 0.25) is 0 Å². The van der Waals surface area contributed by atoms with Gasteiger partial charge in [-0.3, -0.25) is 4.98 Å². The van der Waals surface area contributed by atoms with E-state index in [2.05, 4.69) is 26.4 Å². The van der Waals surface area contributed by atoms with Gasteiger partial charge in [-0.2, -0.15) is 10.1 Å². The number of nitrogens with one attached hydrogen (secondary N) is 1. The second-order valence-corrected chi connectivity index (χ2v) is 7.72. The second kappa shape index (κ2) is 6.77. The fourth-order valence-corrected chi connectivity index (χ4v) is 4.39. The summed E-state index contributed by atoms with van der Waals surface area (Å²) in [6.07, 6.45) is 4.58. The molecule has 2 aliphatic rings. The topological polar surface area (TPSA) is 64.9 Å². The van der Waals surface area contributed by atoms with Crippen molar-refractivity contribution in [1.29, 1.82) is 0 Å². The Labute approximate surface area is 178 Å². The molecular weight excluding hydrogens is 393 g/mol. The third kappa shape index (κ3) is 2.81. The van der Waals surface area contributed by atoms with Gasteiger partial charge < -0.3 is 10.1 Å². The van der Waals surface area contributed by atoms with Gasteiger partial charge in [-0.05, 0) is 48.4 Å². The van der Waals surface area contributed by atoms with E-state index in [-0.39, 0.29) is 11.9 Å². The summed E-state index contributed by atoms with van der Waals surface area (Å²) in [6, 6.07) is 16.2. The molecule has 6 nitrogen and oxygen atoms in total. The average Bonchev–Trinajstić information content (AvgIpc) is 3.26. The van der Waals surface area contributed by atoms with Crippen LogP contribution in [0.15, 0.2) is 78.9 Å². The van der Waals surface area contributed by atoms with E-state index >= 15 is 0 Å². The molecule has 2 aromatic heterocycles. The van der Waals surface area contributed by atoms with E-state index < -0.39 is 6.10 Å². The summed E-state index contributed by atoms with van der Waals surface area (Å²) in [5, 5.41) is 7.93. The minimum Gasteiger partial charge on any atom is -0.480 e. The molecule has 2 aromatic carbocycles. The first kappa shape index (κ1) is 17.8. The second-order valence-electron chi connectivity index (χ2n) is 7.72. The molecule has 0 fully saturated rings. The molecule has 6 rings (SSSR count). The van der Waals surface area contributed by atoms with E-state index in [0.717, 1.165) is 39.3 Å². The van der Waals surface area contributed by atoms with Gasteiger partial charge in [-0.25, -0.2) is 9.07 Å². The average molecular weight is 411 g/mol. The molecule has 152 valence electrons. The van der Waals surface area contributed by atoms with Gasteiger partial charge in [-0.1, -0.05) is 29.8 Å². The van der Waals surface area contributed by atoms with Gasteiger partial charge in [0.25, 0.3) is 0 Å². The van der Waals surface area contributed by atoms with Crippen molar-refractivity contribution in [2.24, 2.45) is 0 Å². The van der Waals surface area contributed by atoms with Crippen LogP contribution in [0.5, 0.6) is 5.75 Å². The lowest BCUT2D eigenvalue weighted by atomic mass is 9.85. The Morgan fingerprint density at radius 3 is 2.81 bits per heavy atom. The molecule has 0 saturated carbocycles. The third-order valence-corrected chi connectivity index (χ3v) is 5.72. The number of halogens is 1. The Bertz CT molecular complexity index is 1330. The van der Waals surface area contributed by atoms with Crippen LogP contribution < -0.4 is 10.1 Å². The summed E-state index contributed by atoms with van der Waals surface area (Å²) < 4.78 is 22.5. The van der Waals surface area contributed by atoms with Crippen LogP contribution >= 0.6 is 0 Å². The number of hydrogen-bond acceptors (Lipinski definition) is 5. The zero-order valence-electron chi connectivity index (χ0n) is 16.7. The van der Waals surface area contributed by atoms with E-state index in [1.807, 2.05) is 48.1 Å². The molecule has 31 heavy (non-hydrogen) atoms. The van der Waals surface area contributed by atoms with E-state index in [1.165, 1.54) is 18.5 Å². The number of aromatic nitrogens is 4. The Morgan fingerprint density at radius 2 is 1.97 bits per heavy atom. The predicted octanol–water partition coefficient (Wildman–Crippen LogP) is 4.68. The maximum absolute atomic E-state index is 14.2. The fourth-order valence-electron chi connectivity index (χ4n) is 4.39. The number of pyridine rings is 1. The van der Waals surface area contributed by atoms with Crippen LogP contribution in [0.4, 0.5) is 10.3 Å². The summed E-state index contributed by atoms with van der Waals surface area (Å²) in [4.78, 5) is 8.74. The number of aryl methyl sites for hydroxylation is 1. The Morgan fingerprint density at radius 1 is 1.06 bits per heavy atom. The molecule has 0 bridgehead atoms. The highest BCUT2D eigenvalue weighted by molar-refractivity contribution is 5.85. The Hall–Kier alpha value is -4.00. The number of nitrogens with zero attached hydrogens (tertiary/aromatic N) is 4. The van der Waals surface area contributed by atoms with Gasteiger partial charge >= 0.3 is 0 Å². The van der Waals surface area contributed by atoms with Crippen LogP contribution in [-0.4, -0.2) is 19.7 Å². The standard InChI is InChI=1S/C24H18FN5O/c1-14-7-8-19-18(10-14)21-20(23(31-19)15-4-2-6-17(25)11-15)22(16-5-3-9-26-12-16)30-24(29-21)27-13-28-30/h2-13,22-23H,1H3,(H,27,28,29)/t22-,23+/m1/s1. The predicted molar refractivity (Wildman–Crippen MR) is 114 cm³/mol. The number of rotatable bonds is 2. The molecule has 4 aromatic rings. The summed E-state index contributed by atoms with van der Waals surface area (Å²) in [5.41, 5.74) is 5.60. The van der Waals surface area contributed by atoms with Crippen molar-refractivity contribution in [2.45, 2.75) is 19.1 Å². The molecule has 0 aliphatic carbocycles. The number of fused-ring (bicyclic) bond motifs is 3. The minimum atomic E-state index is -0.504. The van der Waals surface area contributed by atoms with Gasteiger partial charge in [0.15, 0.2) is 0 Å². The van der Waals surface area contributed by atoms with Crippen molar-refractivity contribution >= 4 is 11.6 Å². The highest BCUT2D eigenvalue weighted by Crippen LogP contribution is 2.50.